The number of nitrogens with zero attached hydrogens (tertiary/aromatic N) is 1. The van der Waals surface area contributed by atoms with Crippen LogP contribution in [-0.2, 0) is 17.8 Å². The molecule has 2 nitrogen and oxygen atoms in total. The Bertz CT molecular complexity index is 582. The summed E-state index contributed by atoms with van der Waals surface area (Å²) in [6.45, 7) is 6.04. The minimum Gasteiger partial charge on any atom is -0.377 e. The van der Waals surface area contributed by atoms with Crippen molar-refractivity contribution in [2.75, 3.05) is 6.61 Å². The van der Waals surface area contributed by atoms with Gasteiger partial charge in [0.05, 0.1) is 6.61 Å². The molecule has 1 heterocycles. The monoisotopic (exact) mass is 339 g/mol. The number of hydrogen-bond donors (Lipinski definition) is 0. The lowest BCUT2D eigenvalue weighted by Gasteiger charge is -2.15. The number of hydrogen-bond acceptors (Lipinski definition) is 2. The van der Waals surface area contributed by atoms with Crippen molar-refractivity contribution in [1.29, 1.82) is 0 Å². The molecule has 0 saturated heterocycles. The van der Waals surface area contributed by atoms with E-state index in [2.05, 4.69) is 56.3 Å². The fourth-order valence-corrected chi connectivity index (χ4v) is 3.18. The van der Waals surface area contributed by atoms with E-state index in [1.54, 1.807) is 0 Å². The fourth-order valence-electron chi connectivity index (χ4n) is 3.18. The van der Waals surface area contributed by atoms with E-state index >= 15 is 0 Å². The molecule has 0 radical (unpaired) electrons. The van der Waals surface area contributed by atoms with Crippen molar-refractivity contribution in [3.8, 4) is 0 Å². The molecule has 0 aliphatic rings. The molecule has 0 bridgehead atoms. The van der Waals surface area contributed by atoms with Gasteiger partial charge in [-0.15, -0.1) is 0 Å². The van der Waals surface area contributed by atoms with E-state index in [0.29, 0.717) is 12.5 Å². The Morgan fingerprint density at radius 3 is 2.52 bits per heavy atom. The molecule has 0 N–H and O–H groups in total. The highest BCUT2D eigenvalue weighted by molar-refractivity contribution is 5.15. The zero-order chi connectivity index (χ0) is 17.7. The highest BCUT2D eigenvalue weighted by atomic mass is 16.5. The first-order chi connectivity index (χ1) is 12.3. The van der Waals surface area contributed by atoms with Gasteiger partial charge in [-0.3, -0.25) is 4.98 Å². The minimum atomic E-state index is 0.548. The lowest BCUT2D eigenvalue weighted by atomic mass is 9.96. The van der Waals surface area contributed by atoms with Crippen LogP contribution in [-0.4, -0.2) is 11.6 Å². The highest BCUT2D eigenvalue weighted by Crippen LogP contribution is 2.23. The van der Waals surface area contributed by atoms with Crippen LogP contribution in [0.4, 0.5) is 0 Å². The van der Waals surface area contributed by atoms with Crippen LogP contribution in [0.5, 0.6) is 0 Å². The molecule has 2 rings (SSSR count). The van der Waals surface area contributed by atoms with Crippen molar-refractivity contribution in [2.45, 2.75) is 71.3 Å². The van der Waals surface area contributed by atoms with Gasteiger partial charge >= 0.3 is 0 Å². The second-order valence-corrected chi connectivity index (χ2v) is 6.80. The van der Waals surface area contributed by atoms with Crippen LogP contribution in [0.1, 0.15) is 75.2 Å². The number of aryl methyl sites for hydroxylation is 1. The highest BCUT2D eigenvalue weighted by Gasteiger charge is 2.11. The van der Waals surface area contributed by atoms with Gasteiger partial charge in [0.15, 0.2) is 0 Å². The zero-order valence-electron chi connectivity index (χ0n) is 15.9. The van der Waals surface area contributed by atoms with Gasteiger partial charge in [0.2, 0.25) is 0 Å². The van der Waals surface area contributed by atoms with Crippen molar-refractivity contribution in [3.63, 3.8) is 0 Å². The number of aromatic nitrogens is 1. The van der Waals surface area contributed by atoms with Gasteiger partial charge in [-0.2, -0.15) is 0 Å². The number of rotatable bonds is 12. The Balaban J connectivity index is 1.74. The SMILES string of the molecule is CCCCCc1cccc(C(CC)CCCOCc2ccccc2)n1. The number of unbranched alkanes of at least 4 members (excludes halogenated alkanes) is 2. The molecular formula is C23H33NO. The summed E-state index contributed by atoms with van der Waals surface area (Å²) in [5.74, 6) is 0.548. The predicted octanol–water partition coefficient (Wildman–Crippen LogP) is 6.30. The second-order valence-electron chi connectivity index (χ2n) is 6.80. The van der Waals surface area contributed by atoms with Gasteiger partial charge in [-0.05, 0) is 49.8 Å². The fraction of sp³-hybridized carbons (Fsp3) is 0.522. The maximum Gasteiger partial charge on any atom is 0.0716 e. The van der Waals surface area contributed by atoms with E-state index in [4.69, 9.17) is 9.72 Å². The zero-order valence-corrected chi connectivity index (χ0v) is 15.9. The van der Waals surface area contributed by atoms with Crippen LogP contribution in [0.2, 0.25) is 0 Å². The molecule has 0 fully saturated rings. The van der Waals surface area contributed by atoms with Gasteiger partial charge in [-0.25, -0.2) is 0 Å². The average Bonchev–Trinajstić information content (AvgIpc) is 2.66. The molecule has 2 heteroatoms. The molecule has 0 saturated carbocycles. The maximum atomic E-state index is 5.82. The van der Waals surface area contributed by atoms with Gasteiger partial charge in [0, 0.05) is 23.9 Å². The van der Waals surface area contributed by atoms with E-state index in [1.807, 2.05) is 6.07 Å². The van der Waals surface area contributed by atoms with Gasteiger partial charge in [0.25, 0.3) is 0 Å². The summed E-state index contributed by atoms with van der Waals surface area (Å²) in [6.07, 6.45) is 8.30. The van der Waals surface area contributed by atoms with E-state index in [-0.39, 0.29) is 0 Å². The third kappa shape index (κ3) is 7.39. The first-order valence-corrected chi connectivity index (χ1v) is 9.91. The molecule has 0 aliphatic heterocycles. The van der Waals surface area contributed by atoms with Crippen molar-refractivity contribution >= 4 is 0 Å². The van der Waals surface area contributed by atoms with Crippen LogP contribution in [0.15, 0.2) is 48.5 Å². The quantitative estimate of drug-likeness (QED) is 0.423. The van der Waals surface area contributed by atoms with E-state index in [9.17, 15) is 0 Å². The molecule has 1 aromatic carbocycles. The van der Waals surface area contributed by atoms with E-state index < -0.39 is 0 Å². The molecular weight excluding hydrogens is 306 g/mol. The summed E-state index contributed by atoms with van der Waals surface area (Å²) in [5.41, 5.74) is 3.76. The Morgan fingerprint density at radius 2 is 1.76 bits per heavy atom. The third-order valence-electron chi connectivity index (χ3n) is 4.73. The molecule has 25 heavy (non-hydrogen) atoms. The summed E-state index contributed by atoms with van der Waals surface area (Å²) in [5, 5.41) is 0. The lowest BCUT2D eigenvalue weighted by Crippen LogP contribution is -2.05. The Labute approximate surface area is 153 Å². The van der Waals surface area contributed by atoms with Gasteiger partial charge in [0.1, 0.15) is 0 Å². The molecule has 0 spiro atoms. The summed E-state index contributed by atoms with van der Waals surface area (Å²) in [4.78, 5) is 4.92. The number of ether oxygens (including phenoxy) is 1. The normalized spacial score (nSPS) is 12.2. The summed E-state index contributed by atoms with van der Waals surface area (Å²) >= 11 is 0. The lowest BCUT2D eigenvalue weighted by molar-refractivity contribution is 0.115. The second kappa shape index (κ2) is 11.8. The van der Waals surface area contributed by atoms with Crippen molar-refractivity contribution < 1.29 is 4.74 Å². The van der Waals surface area contributed by atoms with Crippen molar-refractivity contribution in [3.05, 3.63) is 65.5 Å². The Kier molecular flexibility index (Phi) is 9.28. The Morgan fingerprint density at radius 1 is 0.920 bits per heavy atom. The molecule has 1 unspecified atom stereocenters. The molecule has 136 valence electrons. The van der Waals surface area contributed by atoms with E-state index in [0.717, 1.165) is 32.3 Å². The predicted molar refractivity (Wildman–Crippen MR) is 106 cm³/mol. The third-order valence-corrected chi connectivity index (χ3v) is 4.73. The molecule has 0 aliphatic carbocycles. The number of pyridine rings is 1. The van der Waals surface area contributed by atoms with Crippen molar-refractivity contribution in [2.24, 2.45) is 0 Å². The first kappa shape index (κ1) is 19.7. The Hall–Kier alpha value is -1.67. The summed E-state index contributed by atoms with van der Waals surface area (Å²) in [6, 6.07) is 16.9. The molecule has 2 aromatic rings. The standard InChI is InChI=1S/C23H33NO/c1-3-5-7-15-22-16-10-17-23(24-22)21(4-2)14-11-18-25-19-20-12-8-6-9-13-20/h6,8-10,12-13,16-17,21H,3-5,7,11,14-15,18-19H2,1-2H3. The van der Waals surface area contributed by atoms with Gasteiger partial charge < -0.3 is 4.74 Å². The van der Waals surface area contributed by atoms with Crippen LogP contribution in [0, 0.1) is 0 Å². The van der Waals surface area contributed by atoms with Crippen molar-refractivity contribution in [1.82, 2.24) is 4.98 Å². The van der Waals surface area contributed by atoms with Crippen LogP contribution in [0.3, 0.4) is 0 Å². The molecule has 0 amide bonds. The largest absolute Gasteiger partial charge is 0.377 e. The van der Waals surface area contributed by atoms with Gasteiger partial charge in [-0.1, -0.05) is 63.1 Å². The first-order valence-electron chi connectivity index (χ1n) is 9.91. The average molecular weight is 340 g/mol. The van der Waals surface area contributed by atoms with Crippen LogP contribution < -0.4 is 0 Å². The summed E-state index contributed by atoms with van der Waals surface area (Å²) < 4.78 is 5.82. The number of benzene rings is 1. The molecule has 1 aromatic heterocycles. The topological polar surface area (TPSA) is 22.1 Å². The smallest absolute Gasteiger partial charge is 0.0716 e. The van der Waals surface area contributed by atoms with Crippen LogP contribution >= 0.6 is 0 Å². The van der Waals surface area contributed by atoms with Crippen LogP contribution in [0.25, 0.3) is 0 Å². The maximum absolute atomic E-state index is 5.82. The van der Waals surface area contributed by atoms with E-state index in [1.165, 1.54) is 36.2 Å². The molecule has 1 atom stereocenters. The minimum absolute atomic E-state index is 0.548. The summed E-state index contributed by atoms with van der Waals surface area (Å²) in [7, 11) is 0.